The average molecular weight is 207 g/mol. The first kappa shape index (κ1) is 10.4. The summed E-state index contributed by atoms with van der Waals surface area (Å²) in [6.07, 6.45) is 3.22. The molecule has 0 saturated carbocycles. The predicted molar refractivity (Wildman–Crippen MR) is 56.9 cm³/mol. The maximum Gasteiger partial charge on any atom is 0.195 e. The quantitative estimate of drug-likeness (QED) is 0.749. The molecule has 0 aromatic carbocycles. The lowest BCUT2D eigenvalue weighted by molar-refractivity contribution is 0.0899. The number of hydrogen-bond acceptors (Lipinski definition) is 3. The van der Waals surface area contributed by atoms with Crippen LogP contribution < -0.4 is 0 Å². The van der Waals surface area contributed by atoms with Gasteiger partial charge in [-0.15, -0.1) is 0 Å². The summed E-state index contributed by atoms with van der Waals surface area (Å²) >= 11 is 0. The number of carbonyl (C=O) groups is 1. The lowest BCUT2D eigenvalue weighted by Gasteiger charge is -2.26. The van der Waals surface area contributed by atoms with Crippen molar-refractivity contribution < 1.29 is 9.21 Å². The van der Waals surface area contributed by atoms with Crippen LogP contribution in [0.1, 0.15) is 55.8 Å². The zero-order chi connectivity index (χ0) is 11.1. The molecule has 15 heavy (non-hydrogen) atoms. The molecule has 0 radical (unpaired) electrons. The van der Waals surface area contributed by atoms with Crippen LogP contribution in [0.25, 0.3) is 0 Å². The number of ketones is 1. The summed E-state index contributed by atoms with van der Waals surface area (Å²) in [5.74, 6) is 1.64. The van der Waals surface area contributed by atoms with Crippen molar-refractivity contribution >= 4 is 5.78 Å². The number of Topliss-reactive ketones (excluding diaryl/α,β-unsaturated/α-hetero) is 1. The van der Waals surface area contributed by atoms with Crippen molar-refractivity contribution in [3.05, 3.63) is 17.3 Å². The van der Waals surface area contributed by atoms with E-state index in [1.54, 1.807) is 0 Å². The van der Waals surface area contributed by atoms with E-state index < -0.39 is 0 Å². The molecule has 0 unspecified atom stereocenters. The van der Waals surface area contributed by atoms with E-state index in [0.717, 1.165) is 25.0 Å². The van der Waals surface area contributed by atoms with Gasteiger partial charge in [-0.2, -0.15) is 0 Å². The Kier molecular flexibility index (Phi) is 2.41. The van der Waals surface area contributed by atoms with Gasteiger partial charge in [0.25, 0.3) is 0 Å². The van der Waals surface area contributed by atoms with Crippen LogP contribution in [0.2, 0.25) is 0 Å². The van der Waals surface area contributed by atoms with Gasteiger partial charge in [-0.3, -0.25) is 4.79 Å². The second kappa shape index (κ2) is 3.47. The van der Waals surface area contributed by atoms with Crippen molar-refractivity contribution in [1.29, 1.82) is 0 Å². The predicted octanol–water partition coefficient (Wildman–Crippen LogP) is 2.78. The van der Waals surface area contributed by atoms with Gasteiger partial charge < -0.3 is 4.42 Å². The molecule has 0 fully saturated rings. The van der Waals surface area contributed by atoms with Crippen LogP contribution in [0.15, 0.2) is 4.42 Å². The molecular weight excluding hydrogens is 190 g/mol. The molecule has 0 bridgehead atoms. The Hall–Kier alpha value is -1.12. The van der Waals surface area contributed by atoms with Gasteiger partial charge in [-0.05, 0) is 11.8 Å². The molecule has 3 nitrogen and oxygen atoms in total. The summed E-state index contributed by atoms with van der Waals surface area (Å²) in [5.41, 5.74) is 0.602. The molecule has 0 saturated heterocycles. The molecule has 0 spiro atoms. The Labute approximate surface area is 89.9 Å². The third-order valence-electron chi connectivity index (χ3n) is 2.75. The lowest BCUT2D eigenvalue weighted by Crippen LogP contribution is -2.26. The number of fused-ring (bicyclic) bond motifs is 1. The minimum absolute atomic E-state index is 0.0209. The van der Waals surface area contributed by atoms with E-state index in [2.05, 4.69) is 25.8 Å². The molecule has 82 valence electrons. The van der Waals surface area contributed by atoms with Crippen LogP contribution >= 0.6 is 0 Å². The van der Waals surface area contributed by atoms with Crippen molar-refractivity contribution in [1.82, 2.24) is 4.98 Å². The zero-order valence-corrected chi connectivity index (χ0v) is 9.59. The Morgan fingerprint density at radius 2 is 2.13 bits per heavy atom. The van der Waals surface area contributed by atoms with E-state index in [9.17, 15) is 4.79 Å². The summed E-state index contributed by atoms with van der Waals surface area (Å²) < 4.78 is 5.62. The first-order chi connectivity index (χ1) is 7.02. The fraction of sp³-hybridized carbons (Fsp3) is 0.667. The SMILES string of the molecule is CCCc1nc2c(o1)CC(C)(C)CC2=O. The van der Waals surface area contributed by atoms with Crippen LogP contribution in [0.4, 0.5) is 0 Å². The Balaban J connectivity index is 2.34. The van der Waals surface area contributed by atoms with E-state index >= 15 is 0 Å². The minimum atomic E-state index is 0.0209. The summed E-state index contributed by atoms with van der Waals surface area (Å²) in [5, 5.41) is 0. The van der Waals surface area contributed by atoms with Gasteiger partial charge in [0.15, 0.2) is 11.7 Å². The molecule has 3 heteroatoms. The number of carbonyl (C=O) groups excluding carboxylic acids is 1. The van der Waals surface area contributed by atoms with E-state index in [4.69, 9.17) is 4.42 Å². The summed E-state index contributed by atoms with van der Waals surface area (Å²) in [7, 11) is 0. The van der Waals surface area contributed by atoms with Gasteiger partial charge in [-0.1, -0.05) is 20.8 Å². The number of oxazole rings is 1. The van der Waals surface area contributed by atoms with Gasteiger partial charge in [-0.25, -0.2) is 4.98 Å². The van der Waals surface area contributed by atoms with Crippen molar-refractivity contribution in [3.8, 4) is 0 Å². The van der Waals surface area contributed by atoms with E-state index in [-0.39, 0.29) is 11.2 Å². The van der Waals surface area contributed by atoms with Crippen LogP contribution in [0.5, 0.6) is 0 Å². The molecule has 2 rings (SSSR count). The topological polar surface area (TPSA) is 43.1 Å². The largest absolute Gasteiger partial charge is 0.445 e. The van der Waals surface area contributed by atoms with E-state index in [1.807, 2.05) is 0 Å². The van der Waals surface area contributed by atoms with Gasteiger partial charge in [0.2, 0.25) is 0 Å². The third-order valence-corrected chi connectivity index (χ3v) is 2.75. The zero-order valence-electron chi connectivity index (χ0n) is 9.59. The maximum atomic E-state index is 11.8. The third kappa shape index (κ3) is 1.96. The molecule has 1 aliphatic carbocycles. The second-order valence-electron chi connectivity index (χ2n) is 5.07. The standard InChI is InChI=1S/C12H17NO2/c1-4-5-10-13-11-8(14)6-12(2,3)7-9(11)15-10/h4-7H2,1-3H3. The fourth-order valence-corrected chi connectivity index (χ4v) is 2.07. The fourth-order valence-electron chi connectivity index (χ4n) is 2.07. The van der Waals surface area contributed by atoms with Crippen LogP contribution in [-0.2, 0) is 12.8 Å². The molecule has 0 N–H and O–H groups in total. The normalized spacial score (nSPS) is 19.0. The smallest absolute Gasteiger partial charge is 0.195 e. The number of aromatic nitrogens is 1. The maximum absolute atomic E-state index is 11.8. The Morgan fingerprint density at radius 1 is 1.40 bits per heavy atom. The second-order valence-corrected chi connectivity index (χ2v) is 5.07. The number of hydrogen-bond donors (Lipinski definition) is 0. The molecule has 0 aliphatic heterocycles. The number of aryl methyl sites for hydroxylation is 1. The van der Waals surface area contributed by atoms with Crippen molar-refractivity contribution in [2.45, 2.75) is 46.5 Å². The van der Waals surface area contributed by atoms with E-state index in [0.29, 0.717) is 18.0 Å². The van der Waals surface area contributed by atoms with Crippen molar-refractivity contribution in [2.75, 3.05) is 0 Å². The van der Waals surface area contributed by atoms with Crippen LogP contribution in [-0.4, -0.2) is 10.8 Å². The van der Waals surface area contributed by atoms with Crippen LogP contribution in [0.3, 0.4) is 0 Å². The first-order valence-electron chi connectivity index (χ1n) is 5.53. The van der Waals surface area contributed by atoms with Crippen LogP contribution in [0, 0.1) is 5.41 Å². The van der Waals surface area contributed by atoms with E-state index in [1.165, 1.54) is 0 Å². The molecule has 1 aromatic heterocycles. The highest BCUT2D eigenvalue weighted by molar-refractivity contribution is 5.96. The highest BCUT2D eigenvalue weighted by Gasteiger charge is 2.34. The average Bonchev–Trinajstić information content (AvgIpc) is 2.46. The molecule has 1 aliphatic rings. The van der Waals surface area contributed by atoms with Crippen molar-refractivity contribution in [2.24, 2.45) is 5.41 Å². The molecule has 0 amide bonds. The monoisotopic (exact) mass is 207 g/mol. The highest BCUT2D eigenvalue weighted by Crippen LogP contribution is 2.34. The molecule has 0 atom stereocenters. The lowest BCUT2D eigenvalue weighted by atomic mass is 9.78. The highest BCUT2D eigenvalue weighted by atomic mass is 16.4. The van der Waals surface area contributed by atoms with Gasteiger partial charge >= 0.3 is 0 Å². The minimum Gasteiger partial charge on any atom is -0.445 e. The number of rotatable bonds is 2. The first-order valence-corrected chi connectivity index (χ1v) is 5.53. The van der Waals surface area contributed by atoms with Gasteiger partial charge in [0, 0.05) is 19.3 Å². The summed E-state index contributed by atoms with van der Waals surface area (Å²) in [6.45, 7) is 6.26. The number of nitrogens with zero attached hydrogens (tertiary/aromatic N) is 1. The van der Waals surface area contributed by atoms with Crippen molar-refractivity contribution in [3.63, 3.8) is 0 Å². The molecule has 1 aromatic rings. The molecular formula is C12H17NO2. The Morgan fingerprint density at radius 3 is 2.80 bits per heavy atom. The summed E-state index contributed by atoms with van der Waals surface area (Å²) in [4.78, 5) is 16.1. The van der Waals surface area contributed by atoms with Gasteiger partial charge in [0.1, 0.15) is 11.5 Å². The van der Waals surface area contributed by atoms with Gasteiger partial charge in [0.05, 0.1) is 0 Å². The molecule has 1 heterocycles. The Bertz CT molecular complexity index is 390. The summed E-state index contributed by atoms with van der Waals surface area (Å²) in [6, 6.07) is 0.